The average molecular weight is 337 g/mol. The SMILES string of the molecule is COC(=O)CN1C(=O)/C(=C\c2ccc(Br)cc2)N=C1C. The van der Waals surface area contributed by atoms with Crippen molar-refractivity contribution in [3.63, 3.8) is 0 Å². The molecule has 1 aromatic rings. The first-order chi connectivity index (χ1) is 9.51. The molecule has 0 atom stereocenters. The molecule has 5 nitrogen and oxygen atoms in total. The molecule has 0 saturated carbocycles. The molecule has 0 spiro atoms. The molecule has 1 amide bonds. The molecule has 0 aliphatic carbocycles. The van der Waals surface area contributed by atoms with Gasteiger partial charge in [0.15, 0.2) is 0 Å². The van der Waals surface area contributed by atoms with Gasteiger partial charge >= 0.3 is 5.97 Å². The Labute approximate surface area is 125 Å². The number of methoxy groups -OCH3 is 1. The average Bonchev–Trinajstić information content (AvgIpc) is 2.69. The maximum Gasteiger partial charge on any atom is 0.325 e. The number of ether oxygens (including phenoxy) is 1. The summed E-state index contributed by atoms with van der Waals surface area (Å²) in [4.78, 5) is 28.9. The van der Waals surface area contributed by atoms with E-state index in [1.807, 2.05) is 24.3 Å². The van der Waals surface area contributed by atoms with Crippen LogP contribution >= 0.6 is 15.9 Å². The Hall–Kier alpha value is -1.95. The van der Waals surface area contributed by atoms with Gasteiger partial charge in [-0.2, -0.15) is 0 Å². The molecule has 6 heteroatoms. The number of nitrogens with zero attached hydrogens (tertiary/aromatic N) is 2. The molecule has 1 aliphatic heterocycles. The lowest BCUT2D eigenvalue weighted by molar-refractivity contribution is -0.143. The lowest BCUT2D eigenvalue weighted by Gasteiger charge is -2.13. The van der Waals surface area contributed by atoms with E-state index in [4.69, 9.17) is 0 Å². The summed E-state index contributed by atoms with van der Waals surface area (Å²) in [5.74, 6) is -0.280. The van der Waals surface area contributed by atoms with Gasteiger partial charge < -0.3 is 4.74 Å². The van der Waals surface area contributed by atoms with Gasteiger partial charge in [-0.05, 0) is 30.7 Å². The van der Waals surface area contributed by atoms with Crippen LogP contribution in [0.25, 0.3) is 6.08 Å². The standard InChI is InChI=1S/C14H13BrN2O3/c1-9-16-12(7-10-3-5-11(15)6-4-10)14(19)17(9)8-13(18)20-2/h3-7H,8H2,1-2H3/b12-7+. The number of carbonyl (C=O) groups excluding carboxylic acids is 2. The number of aliphatic imine (C=N–C) groups is 1. The van der Waals surface area contributed by atoms with E-state index < -0.39 is 5.97 Å². The van der Waals surface area contributed by atoms with Crippen molar-refractivity contribution in [2.24, 2.45) is 4.99 Å². The van der Waals surface area contributed by atoms with Gasteiger partial charge in [-0.15, -0.1) is 0 Å². The molecule has 104 valence electrons. The van der Waals surface area contributed by atoms with E-state index in [1.54, 1.807) is 13.0 Å². The predicted molar refractivity (Wildman–Crippen MR) is 79.0 cm³/mol. The third-order valence-corrected chi connectivity index (χ3v) is 3.35. The second-order valence-corrected chi connectivity index (χ2v) is 5.12. The first-order valence-electron chi connectivity index (χ1n) is 5.92. The highest BCUT2D eigenvalue weighted by Gasteiger charge is 2.29. The van der Waals surface area contributed by atoms with Crippen molar-refractivity contribution < 1.29 is 14.3 Å². The summed E-state index contributed by atoms with van der Waals surface area (Å²) in [7, 11) is 1.29. The van der Waals surface area contributed by atoms with E-state index in [2.05, 4.69) is 25.7 Å². The molecule has 0 radical (unpaired) electrons. The minimum absolute atomic E-state index is 0.123. The number of amidine groups is 1. The van der Waals surface area contributed by atoms with E-state index in [9.17, 15) is 9.59 Å². The van der Waals surface area contributed by atoms with Gasteiger partial charge in [0.25, 0.3) is 5.91 Å². The summed E-state index contributed by atoms with van der Waals surface area (Å²) in [6.07, 6.45) is 1.69. The van der Waals surface area contributed by atoms with Gasteiger partial charge in [0.1, 0.15) is 18.1 Å². The summed E-state index contributed by atoms with van der Waals surface area (Å²) >= 11 is 3.35. The quantitative estimate of drug-likeness (QED) is 0.628. The Kier molecular flexibility index (Phi) is 4.34. The second kappa shape index (κ2) is 6.00. The Morgan fingerprint density at radius 3 is 2.65 bits per heavy atom. The first kappa shape index (κ1) is 14.5. The molecule has 0 N–H and O–H groups in total. The van der Waals surface area contributed by atoms with Gasteiger partial charge in [0.2, 0.25) is 0 Å². The van der Waals surface area contributed by atoms with Crippen molar-refractivity contribution in [1.82, 2.24) is 4.90 Å². The van der Waals surface area contributed by atoms with E-state index in [0.717, 1.165) is 10.0 Å². The lowest BCUT2D eigenvalue weighted by atomic mass is 10.2. The van der Waals surface area contributed by atoms with Crippen LogP contribution in [0.2, 0.25) is 0 Å². The van der Waals surface area contributed by atoms with Crippen LogP contribution in [-0.2, 0) is 14.3 Å². The van der Waals surface area contributed by atoms with Gasteiger partial charge in [0.05, 0.1) is 7.11 Å². The summed E-state index contributed by atoms with van der Waals surface area (Å²) < 4.78 is 5.53. The van der Waals surface area contributed by atoms with Crippen LogP contribution < -0.4 is 0 Å². The van der Waals surface area contributed by atoms with Crippen LogP contribution in [0, 0.1) is 0 Å². The Balaban J connectivity index is 2.21. The fourth-order valence-corrected chi connectivity index (χ4v) is 2.02. The molecule has 0 unspecified atom stereocenters. The third kappa shape index (κ3) is 3.14. The van der Waals surface area contributed by atoms with Gasteiger partial charge in [-0.1, -0.05) is 28.1 Å². The Bertz CT molecular complexity index is 605. The number of carbonyl (C=O) groups is 2. The molecule has 0 aromatic heterocycles. The topological polar surface area (TPSA) is 59.0 Å². The highest BCUT2D eigenvalue weighted by Crippen LogP contribution is 2.19. The zero-order valence-electron chi connectivity index (χ0n) is 11.1. The smallest absolute Gasteiger partial charge is 0.325 e. The molecule has 1 aromatic carbocycles. The van der Waals surface area contributed by atoms with Crippen molar-refractivity contribution in [3.8, 4) is 0 Å². The largest absolute Gasteiger partial charge is 0.468 e. The first-order valence-corrected chi connectivity index (χ1v) is 6.72. The maximum absolute atomic E-state index is 12.2. The van der Waals surface area contributed by atoms with Gasteiger partial charge in [-0.3, -0.25) is 14.5 Å². The molecule has 2 rings (SSSR count). The van der Waals surface area contributed by atoms with Crippen molar-refractivity contribution >= 4 is 39.7 Å². The zero-order chi connectivity index (χ0) is 14.7. The van der Waals surface area contributed by atoms with Gasteiger partial charge in [-0.25, -0.2) is 4.99 Å². The Morgan fingerprint density at radius 2 is 2.05 bits per heavy atom. The van der Waals surface area contributed by atoms with Crippen LogP contribution in [0.5, 0.6) is 0 Å². The number of amides is 1. The second-order valence-electron chi connectivity index (χ2n) is 4.21. The highest BCUT2D eigenvalue weighted by atomic mass is 79.9. The number of halogens is 1. The van der Waals surface area contributed by atoms with E-state index in [-0.39, 0.29) is 12.5 Å². The monoisotopic (exact) mass is 336 g/mol. The Morgan fingerprint density at radius 1 is 1.40 bits per heavy atom. The maximum atomic E-state index is 12.2. The summed E-state index contributed by atoms with van der Waals surface area (Å²) in [6, 6.07) is 7.51. The molecular formula is C14H13BrN2O3. The third-order valence-electron chi connectivity index (χ3n) is 2.83. The molecule has 0 fully saturated rings. The normalized spacial score (nSPS) is 16.6. The van der Waals surface area contributed by atoms with E-state index in [1.165, 1.54) is 12.0 Å². The van der Waals surface area contributed by atoms with Crippen molar-refractivity contribution in [3.05, 3.63) is 40.0 Å². The fourth-order valence-electron chi connectivity index (χ4n) is 1.76. The van der Waals surface area contributed by atoms with Crippen LogP contribution in [0.3, 0.4) is 0 Å². The molecule has 1 heterocycles. The fraction of sp³-hybridized carbons (Fsp3) is 0.214. The van der Waals surface area contributed by atoms with E-state index >= 15 is 0 Å². The molecule has 1 aliphatic rings. The zero-order valence-corrected chi connectivity index (χ0v) is 12.7. The number of hydrogen-bond donors (Lipinski definition) is 0. The summed E-state index contributed by atoms with van der Waals surface area (Å²) in [5, 5.41) is 0. The van der Waals surface area contributed by atoms with E-state index in [0.29, 0.717) is 11.5 Å². The number of hydrogen-bond acceptors (Lipinski definition) is 4. The minimum Gasteiger partial charge on any atom is -0.468 e. The van der Waals surface area contributed by atoms with Crippen LogP contribution in [0.1, 0.15) is 12.5 Å². The minimum atomic E-state index is -0.474. The molecular weight excluding hydrogens is 324 g/mol. The summed E-state index contributed by atoms with van der Waals surface area (Å²) in [5.41, 5.74) is 1.18. The lowest BCUT2D eigenvalue weighted by Crippen LogP contribution is -2.35. The number of rotatable bonds is 3. The predicted octanol–water partition coefficient (Wildman–Crippen LogP) is 2.22. The summed E-state index contributed by atoms with van der Waals surface area (Å²) in [6.45, 7) is 1.56. The van der Waals surface area contributed by atoms with Crippen LogP contribution in [0.15, 0.2) is 39.4 Å². The number of benzene rings is 1. The van der Waals surface area contributed by atoms with Crippen molar-refractivity contribution in [1.29, 1.82) is 0 Å². The molecule has 20 heavy (non-hydrogen) atoms. The molecule has 0 bridgehead atoms. The highest BCUT2D eigenvalue weighted by molar-refractivity contribution is 9.10. The number of esters is 1. The van der Waals surface area contributed by atoms with Crippen molar-refractivity contribution in [2.45, 2.75) is 6.92 Å². The van der Waals surface area contributed by atoms with Crippen LogP contribution in [-0.4, -0.2) is 36.3 Å². The van der Waals surface area contributed by atoms with Gasteiger partial charge in [0, 0.05) is 4.47 Å². The van der Waals surface area contributed by atoms with Crippen molar-refractivity contribution in [2.75, 3.05) is 13.7 Å². The molecule has 0 saturated heterocycles. The van der Waals surface area contributed by atoms with Crippen LogP contribution in [0.4, 0.5) is 0 Å².